The van der Waals surface area contributed by atoms with Crippen LogP contribution in [0.25, 0.3) is 0 Å². The van der Waals surface area contributed by atoms with Crippen LogP contribution >= 0.6 is 0 Å². The number of amides is 2. The highest BCUT2D eigenvalue weighted by molar-refractivity contribution is 6.04. The Kier molecular flexibility index (Phi) is 5.18. The van der Waals surface area contributed by atoms with E-state index in [1.165, 1.54) is 0 Å². The number of nitrogens with one attached hydrogen (secondary N) is 1. The number of rotatable bonds is 4. The molecule has 1 aromatic rings. The average Bonchev–Trinajstić information content (AvgIpc) is 2.54. The first-order valence-corrected chi connectivity index (χ1v) is 7.94. The third-order valence-electron chi connectivity index (χ3n) is 3.92. The highest BCUT2D eigenvalue weighted by atomic mass is 16.2. The zero-order valence-electron chi connectivity index (χ0n) is 14.2. The van der Waals surface area contributed by atoms with E-state index in [0.717, 1.165) is 0 Å². The maximum atomic E-state index is 12.7. The van der Waals surface area contributed by atoms with E-state index in [1.807, 2.05) is 18.7 Å². The maximum absolute atomic E-state index is 12.7. The summed E-state index contributed by atoms with van der Waals surface area (Å²) in [6.45, 7) is 9.59. The fourth-order valence-electron chi connectivity index (χ4n) is 2.50. The van der Waals surface area contributed by atoms with Gasteiger partial charge in [-0.05, 0) is 33.8 Å². The fraction of sp³-hybridized carbons (Fsp3) is 0.625. The lowest BCUT2D eigenvalue weighted by molar-refractivity contribution is -0.149. The van der Waals surface area contributed by atoms with Crippen LogP contribution in [0.2, 0.25) is 0 Å². The van der Waals surface area contributed by atoms with Crippen LogP contribution in [0, 0.1) is 5.41 Å². The molecule has 0 spiro atoms. The zero-order chi connectivity index (χ0) is 17.0. The van der Waals surface area contributed by atoms with Gasteiger partial charge in [0, 0.05) is 44.6 Å². The van der Waals surface area contributed by atoms with Gasteiger partial charge in [-0.3, -0.25) is 9.59 Å². The Morgan fingerprint density at radius 3 is 2.22 bits per heavy atom. The highest BCUT2D eigenvalue weighted by Crippen LogP contribution is 2.21. The van der Waals surface area contributed by atoms with Gasteiger partial charge < -0.3 is 15.1 Å². The topological polar surface area (TPSA) is 78.4 Å². The summed E-state index contributed by atoms with van der Waals surface area (Å²) < 4.78 is 0. The Hall–Kier alpha value is -2.18. The van der Waals surface area contributed by atoms with Gasteiger partial charge in [0.25, 0.3) is 0 Å². The second kappa shape index (κ2) is 6.93. The smallest absolute Gasteiger partial charge is 0.237 e. The van der Waals surface area contributed by atoms with Crippen molar-refractivity contribution in [2.45, 2.75) is 33.7 Å². The molecule has 1 N–H and O–H groups in total. The van der Waals surface area contributed by atoms with Gasteiger partial charge in [0.1, 0.15) is 5.41 Å². The molecule has 0 aromatic carbocycles. The molecule has 2 amide bonds. The van der Waals surface area contributed by atoms with Gasteiger partial charge >= 0.3 is 0 Å². The summed E-state index contributed by atoms with van der Waals surface area (Å²) in [5, 5.41) is 2.82. The van der Waals surface area contributed by atoms with Crippen molar-refractivity contribution in [2.75, 3.05) is 31.1 Å². The molecule has 0 aliphatic carbocycles. The molecule has 1 fully saturated rings. The Morgan fingerprint density at radius 2 is 1.70 bits per heavy atom. The van der Waals surface area contributed by atoms with E-state index in [1.54, 1.807) is 37.2 Å². The van der Waals surface area contributed by atoms with Crippen molar-refractivity contribution in [3.8, 4) is 0 Å². The second-order valence-corrected chi connectivity index (χ2v) is 6.58. The van der Waals surface area contributed by atoms with Crippen LogP contribution in [0.4, 0.5) is 5.95 Å². The molecule has 2 heterocycles. The van der Waals surface area contributed by atoms with Crippen molar-refractivity contribution in [3.05, 3.63) is 18.5 Å². The zero-order valence-corrected chi connectivity index (χ0v) is 14.2. The van der Waals surface area contributed by atoms with Crippen LogP contribution < -0.4 is 10.2 Å². The van der Waals surface area contributed by atoms with E-state index < -0.39 is 5.41 Å². The van der Waals surface area contributed by atoms with Crippen molar-refractivity contribution < 1.29 is 9.59 Å². The van der Waals surface area contributed by atoms with E-state index in [4.69, 9.17) is 0 Å². The molecule has 0 unspecified atom stereocenters. The largest absolute Gasteiger partial charge is 0.353 e. The van der Waals surface area contributed by atoms with Crippen molar-refractivity contribution in [3.63, 3.8) is 0 Å². The Bertz CT molecular complexity index is 551. The molecular weight excluding hydrogens is 294 g/mol. The van der Waals surface area contributed by atoms with Crippen LogP contribution in [0.15, 0.2) is 18.5 Å². The summed E-state index contributed by atoms with van der Waals surface area (Å²) >= 11 is 0. The lowest BCUT2D eigenvalue weighted by atomic mass is 9.89. The Labute approximate surface area is 137 Å². The summed E-state index contributed by atoms with van der Waals surface area (Å²) in [7, 11) is 0. The van der Waals surface area contributed by atoms with Gasteiger partial charge in [-0.1, -0.05) is 0 Å². The summed E-state index contributed by atoms with van der Waals surface area (Å²) in [6, 6.07) is 1.79. The second-order valence-electron chi connectivity index (χ2n) is 6.58. The Morgan fingerprint density at radius 1 is 1.13 bits per heavy atom. The van der Waals surface area contributed by atoms with Gasteiger partial charge in [0.15, 0.2) is 0 Å². The minimum Gasteiger partial charge on any atom is -0.353 e. The van der Waals surface area contributed by atoms with Crippen molar-refractivity contribution >= 4 is 17.8 Å². The van der Waals surface area contributed by atoms with E-state index in [-0.39, 0.29) is 17.9 Å². The van der Waals surface area contributed by atoms with Gasteiger partial charge in [-0.15, -0.1) is 0 Å². The van der Waals surface area contributed by atoms with Crippen molar-refractivity contribution in [1.82, 2.24) is 20.2 Å². The first-order valence-electron chi connectivity index (χ1n) is 7.94. The van der Waals surface area contributed by atoms with Gasteiger partial charge in [-0.2, -0.15) is 0 Å². The third-order valence-corrected chi connectivity index (χ3v) is 3.92. The van der Waals surface area contributed by atoms with E-state index in [0.29, 0.717) is 32.1 Å². The molecule has 0 bridgehead atoms. The summed E-state index contributed by atoms with van der Waals surface area (Å²) in [6.07, 6.45) is 3.42. The quantitative estimate of drug-likeness (QED) is 0.826. The van der Waals surface area contributed by atoms with E-state index in [9.17, 15) is 9.59 Å². The van der Waals surface area contributed by atoms with Gasteiger partial charge in [0.2, 0.25) is 17.8 Å². The molecule has 1 saturated heterocycles. The number of aromatic nitrogens is 2. The standard InChI is InChI=1S/C16H25N5O2/c1-12(2)19-13(22)16(3,4)14(23)20-8-10-21(11-9-20)15-17-6-5-7-18-15/h5-7,12H,8-11H2,1-4H3,(H,19,22). The van der Waals surface area contributed by atoms with Gasteiger partial charge in [0.05, 0.1) is 0 Å². The summed E-state index contributed by atoms with van der Waals surface area (Å²) in [5.41, 5.74) is -1.06. The molecule has 2 rings (SSSR count). The number of carbonyl (C=O) groups excluding carboxylic acids is 2. The minimum absolute atomic E-state index is 0.0154. The number of hydrogen-bond acceptors (Lipinski definition) is 5. The molecule has 0 saturated carbocycles. The molecule has 7 heteroatoms. The monoisotopic (exact) mass is 319 g/mol. The molecule has 0 atom stereocenters. The average molecular weight is 319 g/mol. The molecule has 1 aliphatic heterocycles. The number of hydrogen-bond donors (Lipinski definition) is 1. The van der Waals surface area contributed by atoms with E-state index in [2.05, 4.69) is 15.3 Å². The molecule has 126 valence electrons. The number of carbonyl (C=O) groups is 2. The first kappa shape index (κ1) is 17.2. The number of piperazine rings is 1. The normalized spacial score (nSPS) is 15.7. The van der Waals surface area contributed by atoms with E-state index >= 15 is 0 Å². The van der Waals surface area contributed by atoms with Crippen LogP contribution in [-0.4, -0.2) is 58.9 Å². The van der Waals surface area contributed by atoms with Crippen LogP contribution in [-0.2, 0) is 9.59 Å². The molecular formula is C16H25N5O2. The van der Waals surface area contributed by atoms with Crippen LogP contribution in [0.3, 0.4) is 0 Å². The predicted molar refractivity (Wildman–Crippen MR) is 87.9 cm³/mol. The summed E-state index contributed by atoms with van der Waals surface area (Å²) in [4.78, 5) is 37.2. The maximum Gasteiger partial charge on any atom is 0.237 e. The predicted octanol–water partition coefficient (Wildman–Crippen LogP) is 0.676. The minimum atomic E-state index is -1.06. The number of nitrogens with zero attached hydrogens (tertiary/aromatic N) is 4. The van der Waals surface area contributed by atoms with Crippen LogP contribution in [0.5, 0.6) is 0 Å². The van der Waals surface area contributed by atoms with Crippen LogP contribution in [0.1, 0.15) is 27.7 Å². The molecule has 23 heavy (non-hydrogen) atoms. The SMILES string of the molecule is CC(C)NC(=O)C(C)(C)C(=O)N1CCN(c2ncccn2)CC1. The summed E-state index contributed by atoms with van der Waals surface area (Å²) in [5.74, 6) is 0.312. The Balaban J connectivity index is 1.96. The third kappa shape index (κ3) is 3.97. The molecule has 7 nitrogen and oxygen atoms in total. The molecule has 1 aliphatic rings. The van der Waals surface area contributed by atoms with Crippen molar-refractivity contribution in [1.29, 1.82) is 0 Å². The number of anilines is 1. The fourth-order valence-corrected chi connectivity index (χ4v) is 2.50. The lowest BCUT2D eigenvalue weighted by Crippen LogP contribution is -2.56. The van der Waals surface area contributed by atoms with Crippen molar-refractivity contribution in [2.24, 2.45) is 5.41 Å². The first-order chi connectivity index (χ1) is 10.8. The van der Waals surface area contributed by atoms with Gasteiger partial charge in [-0.25, -0.2) is 9.97 Å². The molecule has 0 radical (unpaired) electrons. The lowest BCUT2D eigenvalue weighted by Gasteiger charge is -2.38. The highest BCUT2D eigenvalue weighted by Gasteiger charge is 2.40. The molecule has 1 aromatic heterocycles.